The fourth-order valence-electron chi connectivity index (χ4n) is 5.19. The molecule has 2 aromatic rings. The summed E-state index contributed by atoms with van der Waals surface area (Å²) in [4.78, 5) is 52.0. The first-order chi connectivity index (χ1) is 21.4. The highest BCUT2D eigenvalue weighted by Gasteiger charge is 2.34. The van der Waals surface area contributed by atoms with Crippen LogP contribution in [0.5, 0.6) is 0 Å². The summed E-state index contributed by atoms with van der Waals surface area (Å²) < 4.78 is 64.7. The van der Waals surface area contributed by atoms with E-state index in [0.717, 1.165) is 12.1 Å². The molecule has 8 nitrogen and oxygen atoms in total. The van der Waals surface area contributed by atoms with Gasteiger partial charge in [-0.25, -0.2) is 27.2 Å². The number of ketones is 2. The zero-order chi connectivity index (χ0) is 34.4. The Morgan fingerprint density at radius 1 is 0.630 bits per heavy atom. The number of ether oxygens (including phenoxy) is 2. The van der Waals surface area contributed by atoms with Crippen LogP contribution in [0.1, 0.15) is 87.9 Å². The molecule has 2 aliphatic rings. The number of carbonyl (C=O) groups excluding carboxylic acids is 4. The minimum absolute atomic E-state index is 0.156. The number of rotatable bonds is 4. The van der Waals surface area contributed by atoms with Crippen LogP contribution in [0.4, 0.5) is 27.2 Å². The van der Waals surface area contributed by atoms with Crippen molar-refractivity contribution in [3.05, 3.63) is 70.8 Å². The fourth-order valence-corrected chi connectivity index (χ4v) is 5.19. The molecule has 2 aliphatic heterocycles. The molecule has 12 heteroatoms. The molecule has 2 aromatic carbocycles. The number of likely N-dealkylation sites (tertiary alicyclic amines) is 2. The maximum absolute atomic E-state index is 13.8. The molecule has 0 spiro atoms. The van der Waals surface area contributed by atoms with Gasteiger partial charge in [-0.15, -0.1) is 0 Å². The minimum Gasteiger partial charge on any atom is -0.444 e. The van der Waals surface area contributed by atoms with Crippen molar-refractivity contribution < 1.29 is 46.2 Å². The van der Waals surface area contributed by atoms with Crippen LogP contribution >= 0.6 is 0 Å². The number of carbonyl (C=O) groups is 4. The van der Waals surface area contributed by atoms with Crippen LogP contribution in [0.25, 0.3) is 0 Å². The van der Waals surface area contributed by atoms with Gasteiger partial charge in [0, 0.05) is 38.0 Å². The van der Waals surface area contributed by atoms with Crippen molar-refractivity contribution in [1.29, 1.82) is 0 Å². The smallest absolute Gasteiger partial charge is 0.410 e. The van der Waals surface area contributed by atoms with E-state index in [1.807, 2.05) is 0 Å². The Bertz CT molecular complexity index is 1330. The number of halogens is 4. The lowest BCUT2D eigenvalue weighted by atomic mass is 9.90. The van der Waals surface area contributed by atoms with Crippen LogP contribution in [0.15, 0.2) is 36.4 Å². The van der Waals surface area contributed by atoms with Gasteiger partial charge in [-0.05, 0) is 91.5 Å². The predicted octanol–water partition coefficient (Wildman–Crippen LogP) is 7.59. The van der Waals surface area contributed by atoms with Gasteiger partial charge in [-0.1, -0.05) is 12.1 Å². The average Bonchev–Trinajstić information content (AvgIpc) is 2.98. The Labute approximate surface area is 267 Å². The highest BCUT2D eigenvalue weighted by Crippen LogP contribution is 2.26. The van der Waals surface area contributed by atoms with E-state index in [0.29, 0.717) is 38.8 Å². The molecule has 0 bridgehead atoms. The first-order valence-corrected chi connectivity index (χ1v) is 15.3. The molecule has 0 saturated carbocycles. The van der Waals surface area contributed by atoms with Crippen molar-refractivity contribution >= 4 is 23.8 Å². The number of hydrogen-bond acceptors (Lipinski definition) is 6. The summed E-state index contributed by atoms with van der Waals surface area (Å²) in [6, 6.07) is 7.10. The van der Waals surface area contributed by atoms with Gasteiger partial charge >= 0.3 is 12.2 Å². The number of benzene rings is 2. The van der Waals surface area contributed by atoms with Crippen molar-refractivity contribution in [1.82, 2.24) is 9.80 Å². The fraction of sp³-hybridized carbons (Fsp3) is 0.529. The number of hydrogen-bond donors (Lipinski definition) is 0. The summed E-state index contributed by atoms with van der Waals surface area (Å²) in [5, 5.41) is 0. The van der Waals surface area contributed by atoms with Crippen LogP contribution in [0, 0.1) is 35.1 Å². The van der Waals surface area contributed by atoms with Crippen LogP contribution in [0.3, 0.4) is 0 Å². The van der Waals surface area contributed by atoms with E-state index in [-0.39, 0.29) is 24.2 Å². The van der Waals surface area contributed by atoms with Crippen molar-refractivity contribution in [2.75, 3.05) is 26.2 Å². The maximum Gasteiger partial charge on any atom is 0.410 e. The highest BCUT2D eigenvalue weighted by molar-refractivity contribution is 5.99. The van der Waals surface area contributed by atoms with E-state index in [9.17, 15) is 36.7 Å². The molecule has 0 aliphatic carbocycles. The topological polar surface area (TPSA) is 93.2 Å². The van der Waals surface area contributed by atoms with Gasteiger partial charge in [0.05, 0.1) is 11.1 Å². The van der Waals surface area contributed by atoms with Gasteiger partial charge in [0.25, 0.3) is 0 Å². The molecular weight excluding hydrogens is 608 g/mol. The summed E-state index contributed by atoms with van der Waals surface area (Å²) in [5.41, 5.74) is -1.77. The lowest BCUT2D eigenvalue weighted by molar-refractivity contribution is 0.0159. The molecule has 2 amide bonds. The van der Waals surface area contributed by atoms with Gasteiger partial charge in [0.1, 0.15) is 11.2 Å². The summed E-state index contributed by atoms with van der Waals surface area (Å²) in [7, 11) is 0. The molecule has 4 rings (SSSR count). The summed E-state index contributed by atoms with van der Waals surface area (Å²) in [5.74, 6) is -6.41. The second-order valence-corrected chi connectivity index (χ2v) is 13.5. The quantitative estimate of drug-likeness (QED) is 0.250. The zero-order valence-corrected chi connectivity index (χ0v) is 27.1. The second-order valence-electron chi connectivity index (χ2n) is 13.5. The SMILES string of the molecule is CC(C)(C)OC(=O)N1CCC[C@@H](C(=O)c2cccc(F)c2F)C1.CC(C)(C)OC(=O)N1CCC[C@@H](C(=O)c2cccc(F)c2F)C1. The van der Waals surface area contributed by atoms with E-state index in [1.54, 1.807) is 41.5 Å². The Kier molecular flexibility index (Phi) is 12.0. The number of piperidine rings is 2. The number of Topliss-reactive ketones (excluding diaryl/α,β-unsaturated/α-hetero) is 2. The molecule has 46 heavy (non-hydrogen) atoms. The largest absolute Gasteiger partial charge is 0.444 e. The molecule has 0 N–H and O–H groups in total. The molecular formula is C34H42F4N2O6. The molecule has 0 unspecified atom stereocenters. The summed E-state index contributed by atoms with van der Waals surface area (Å²) in [6.07, 6.45) is 1.32. The van der Waals surface area contributed by atoms with E-state index in [2.05, 4.69) is 0 Å². The normalized spacial score (nSPS) is 18.7. The Morgan fingerprint density at radius 3 is 1.30 bits per heavy atom. The van der Waals surface area contributed by atoms with Crippen molar-refractivity contribution in [2.24, 2.45) is 11.8 Å². The molecule has 2 atom stereocenters. The van der Waals surface area contributed by atoms with E-state index >= 15 is 0 Å². The predicted molar refractivity (Wildman–Crippen MR) is 162 cm³/mol. The third-order valence-electron chi connectivity index (χ3n) is 7.32. The Balaban J connectivity index is 0.000000250. The lowest BCUT2D eigenvalue weighted by Crippen LogP contribution is -2.44. The van der Waals surface area contributed by atoms with Gasteiger partial charge < -0.3 is 19.3 Å². The zero-order valence-electron chi connectivity index (χ0n) is 27.1. The molecule has 2 saturated heterocycles. The highest BCUT2D eigenvalue weighted by atomic mass is 19.2. The Hall–Kier alpha value is -3.96. The second kappa shape index (κ2) is 15.1. The third kappa shape index (κ3) is 10.0. The maximum atomic E-state index is 13.8. The van der Waals surface area contributed by atoms with Crippen molar-refractivity contribution in [2.45, 2.75) is 78.4 Å². The third-order valence-corrected chi connectivity index (χ3v) is 7.32. The summed E-state index contributed by atoms with van der Waals surface area (Å²) in [6.45, 7) is 11.9. The summed E-state index contributed by atoms with van der Waals surface area (Å²) >= 11 is 0. The van der Waals surface area contributed by atoms with Gasteiger partial charge in [-0.3, -0.25) is 9.59 Å². The van der Waals surface area contributed by atoms with Crippen molar-refractivity contribution in [3.8, 4) is 0 Å². The van der Waals surface area contributed by atoms with Crippen LogP contribution in [-0.2, 0) is 9.47 Å². The van der Waals surface area contributed by atoms with Gasteiger partial charge in [0.15, 0.2) is 34.8 Å². The minimum atomic E-state index is -1.13. The van der Waals surface area contributed by atoms with Gasteiger partial charge in [0.2, 0.25) is 0 Å². The van der Waals surface area contributed by atoms with E-state index < -0.39 is 70.1 Å². The first kappa shape index (κ1) is 36.5. The van der Waals surface area contributed by atoms with Crippen LogP contribution < -0.4 is 0 Å². The van der Waals surface area contributed by atoms with E-state index in [4.69, 9.17) is 9.47 Å². The molecule has 0 aromatic heterocycles. The average molecular weight is 651 g/mol. The van der Waals surface area contributed by atoms with Crippen LogP contribution in [0.2, 0.25) is 0 Å². The molecule has 2 fully saturated rings. The molecule has 252 valence electrons. The molecule has 0 radical (unpaired) electrons. The van der Waals surface area contributed by atoms with Gasteiger partial charge in [-0.2, -0.15) is 0 Å². The lowest BCUT2D eigenvalue weighted by Gasteiger charge is -2.33. The van der Waals surface area contributed by atoms with E-state index in [1.165, 1.54) is 34.1 Å². The first-order valence-electron chi connectivity index (χ1n) is 15.3. The molecule has 2 heterocycles. The van der Waals surface area contributed by atoms with Crippen molar-refractivity contribution in [3.63, 3.8) is 0 Å². The van der Waals surface area contributed by atoms with Crippen LogP contribution in [-0.4, -0.2) is 70.9 Å². The Morgan fingerprint density at radius 2 is 0.978 bits per heavy atom. The standard InChI is InChI=1S/2C17H21F2NO3/c2*1-17(2,3)23-16(22)20-9-5-6-11(10-20)15(21)12-7-4-8-13(18)14(12)19/h2*4,7-8,11H,5-6,9-10H2,1-3H3/t2*11-/m11/s1. The number of nitrogens with zero attached hydrogens (tertiary/aromatic N) is 2. The number of amides is 2. The monoisotopic (exact) mass is 650 g/mol.